The number of hydrogen-bond donors (Lipinski definition) is 1. The number of likely N-dealkylation sites (N-methyl/N-ethyl adjacent to an activating group) is 1. The standard InChI is InChI=1S/C24H33N5O4S.2ClH/c1-5-10-28-16-17(4)21-23(28)25-22(26-24(21)30)19-15-18(8-9-20(19)33-7-3)34(31,32)29-13-11-27(6-2)12-14-29;;/h8-9,15-16H,5-7,10-14H2,1-4H3,(H,25,26,30);2*1H. The summed E-state index contributed by atoms with van der Waals surface area (Å²) in [6, 6.07) is 4.78. The molecule has 0 amide bonds. The lowest BCUT2D eigenvalue weighted by atomic mass is 10.1. The number of ether oxygens (including phenoxy) is 1. The van der Waals surface area contributed by atoms with Crippen molar-refractivity contribution in [3.63, 3.8) is 0 Å². The van der Waals surface area contributed by atoms with E-state index < -0.39 is 10.0 Å². The number of nitrogens with one attached hydrogen (secondary N) is 1. The summed E-state index contributed by atoms with van der Waals surface area (Å²) in [7, 11) is -3.70. The Morgan fingerprint density at radius 2 is 1.78 bits per heavy atom. The molecular formula is C24H35Cl2N5O4S. The maximum Gasteiger partial charge on any atom is 0.260 e. The van der Waals surface area contributed by atoms with Crippen LogP contribution >= 0.6 is 24.8 Å². The average molecular weight is 561 g/mol. The lowest BCUT2D eigenvalue weighted by molar-refractivity contribution is 0.196. The molecule has 0 saturated carbocycles. The van der Waals surface area contributed by atoms with Crippen LogP contribution < -0.4 is 10.3 Å². The Balaban J connectivity index is 0.00000228. The third kappa shape index (κ3) is 5.73. The predicted molar refractivity (Wildman–Crippen MR) is 147 cm³/mol. The van der Waals surface area contributed by atoms with Crippen molar-refractivity contribution < 1.29 is 13.2 Å². The molecule has 1 fully saturated rings. The molecule has 0 spiro atoms. The molecule has 9 nitrogen and oxygen atoms in total. The summed E-state index contributed by atoms with van der Waals surface area (Å²) in [5.74, 6) is 0.773. The van der Waals surface area contributed by atoms with E-state index in [4.69, 9.17) is 9.72 Å². The van der Waals surface area contributed by atoms with Crippen LogP contribution in [0.4, 0.5) is 0 Å². The number of H-pyrrole nitrogens is 1. The van der Waals surface area contributed by atoms with Crippen molar-refractivity contribution in [1.82, 2.24) is 23.7 Å². The molecule has 4 rings (SSSR count). The first-order valence-electron chi connectivity index (χ1n) is 11.9. The molecule has 3 aromatic rings. The van der Waals surface area contributed by atoms with Crippen LogP contribution in [0.3, 0.4) is 0 Å². The van der Waals surface area contributed by atoms with Gasteiger partial charge in [0.15, 0.2) is 0 Å². The van der Waals surface area contributed by atoms with Crippen LogP contribution in [-0.2, 0) is 16.6 Å². The third-order valence-corrected chi connectivity index (χ3v) is 8.20. The van der Waals surface area contributed by atoms with Gasteiger partial charge in [0, 0.05) is 38.9 Å². The van der Waals surface area contributed by atoms with E-state index in [1.54, 1.807) is 18.2 Å². The maximum atomic E-state index is 13.4. The molecule has 0 aliphatic carbocycles. The summed E-state index contributed by atoms with van der Waals surface area (Å²) in [6.45, 7) is 12.2. The number of hydrogen-bond acceptors (Lipinski definition) is 6. The number of halogens is 2. The van der Waals surface area contributed by atoms with Crippen LogP contribution in [0.25, 0.3) is 22.4 Å². The summed E-state index contributed by atoms with van der Waals surface area (Å²) >= 11 is 0. The summed E-state index contributed by atoms with van der Waals surface area (Å²) < 4.78 is 36.1. The molecule has 1 N–H and O–H groups in total. The highest BCUT2D eigenvalue weighted by molar-refractivity contribution is 7.89. The monoisotopic (exact) mass is 559 g/mol. The zero-order chi connectivity index (χ0) is 24.5. The molecule has 0 unspecified atom stereocenters. The van der Waals surface area contributed by atoms with Gasteiger partial charge in [-0.25, -0.2) is 13.4 Å². The number of piperazine rings is 1. The van der Waals surface area contributed by atoms with Crippen LogP contribution in [-0.4, -0.2) is 71.5 Å². The van der Waals surface area contributed by atoms with Crippen LogP contribution in [0.2, 0.25) is 0 Å². The highest BCUT2D eigenvalue weighted by Crippen LogP contribution is 2.32. The van der Waals surface area contributed by atoms with E-state index in [0.29, 0.717) is 61.0 Å². The zero-order valence-corrected chi connectivity index (χ0v) is 23.6. The Morgan fingerprint density at radius 3 is 2.39 bits per heavy atom. The quantitative estimate of drug-likeness (QED) is 0.451. The normalized spacial score (nSPS) is 14.9. The van der Waals surface area contributed by atoms with Gasteiger partial charge >= 0.3 is 0 Å². The van der Waals surface area contributed by atoms with E-state index in [-0.39, 0.29) is 35.3 Å². The Kier molecular flexibility index (Phi) is 10.4. The van der Waals surface area contributed by atoms with E-state index in [0.717, 1.165) is 25.1 Å². The molecule has 2 aromatic heterocycles. The molecule has 1 aliphatic rings. The number of aryl methyl sites for hydroxylation is 2. The minimum absolute atomic E-state index is 0. The van der Waals surface area contributed by atoms with Crippen LogP contribution in [0.15, 0.2) is 34.1 Å². The van der Waals surface area contributed by atoms with E-state index >= 15 is 0 Å². The third-order valence-electron chi connectivity index (χ3n) is 6.30. The first-order chi connectivity index (χ1) is 16.3. The largest absolute Gasteiger partial charge is 0.493 e. The van der Waals surface area contributed by atoms with Gasteiger partial charge in [-0.2, -0.15) is 4.31 Å². The molecule has 0 radical (unpaired) electrons. The van der Waals surface area contributed by atoms with Gasteiger partial charge < -0.3 is 19.2 Å². The number of sulfonamides is 1. The maximum absolute atomic E-state index is 13.4. The molecule has 36 heavy (non-hydrogen) atoms. The average Bonchev–Trinajstić information content (AvgIpc) is 3.15. The number of nitrogens with zero attached hydrogens (tertiary/aromatic N) is 4. The number of aromatic nitrogens is 3. The molecule has 1 aliphatic heterocycles. The Bertz CT molecular complexity index is 1350. The van der Waals surface area contributed by atoms with Crippen LogP contribution in [0, 0.1) is 6.92 Å². The van der Waals surface area contributed by atoms with Crippen LogP contribution in [0.5, 0.6) is 5.75 Å². The first-order valence-corrected chi connectivity index (χ1v) is 13.3. The predicted octanol–water partition coefficient (Wildman–Crippen LogP) is 3.68. The number of benzene rings is 1. The Hall–Kier alpha value is -2.11. The molecule has 3 heterocycles. The number of fused-ring (bicyclic) bond motifs is 1. The molecular weight excluding hydrogens is 525 g/mol. The van der Waals surface area contributed by atoms with Crippen molar-refractivity contribution in [2.45, 2.75) is 45.6 Å². The van der Waals surface area contributed by atoms with Crippen molar-refractivity contribution in [3.05, 3.63) is 40.3 Å². The van der Waals surface area contributed by atoms with Crippen molar-refractivity contribution in [1.29, 1.82) is 0 Å². The second kappa shape index (κ2) is 12.4. The van der Waals surface area contributed by atoms with Gasteiger partial charge in [-0.05, 0) is 50.6 Å². The topological polar surface area (TPSA) is 101 Å². The summed E-state index contributed by atoms with van der Waals surface area (Å²) in [4.78, 5) is 23.0. The van der Waals surface area contributed by atoms with Gasteiger partial charge in [-0.3, -0.25) is 4.79 Å². The summed E-state index contributed by atoms with van der Waals surface area (Å²) in [5.41, 5.74) is 1.65. The molecule has 1 aromatic carbocycles. The van der Waals surface area contributed by atoms with E-state index in [9.17, 15) is 13.2 Å². The van der Waals surface area contributed by atoms with E-state index in [2.05, 4.69) is 23.7 Å². The Morgan fingerprint density at radius 1 is 1.08 bits per heavy atom. The summed E-state index contributed by atoms with van der Waals surface area (Å²) in [5, 5.41) is 0.549. The van der Waals surface area contributed by atoms with Crippen LogP contribution in [0.1, 0.15) is 32.8 Å². The van der Waals surface area contributed by atoms with Gasteiger partial charge in [0.1, 0.15) is 17.2 Å². The molecule has 0 bridgehead atoms. The fourth-order valence-electron chi connectivity index (χ4n) is 4.49. The van der Waals surface area contributed by atoms with Crippen molar-refractivity contribution in [2.24, 2.45) is 0 Å². The fourth-order valence-corrected chi connectivity index (χ4v) is 5.94. The van der Waals surface area contributed by atoms with Gasteiger partial charge in [-0.15, -0.1) is 24.8 Å². The number of rotatable bonds is 8. The van der Waals surface area contributed by atoms with Gasteiger partial charge in [0.05, 0.1) is 22.5 Å². The van der Waals surface area contributed by atoms with Crippen molar-refractivity contribution >= 4 is 45.9 Å². The highest BCUT2D eigenvalue weighted by atomic mass is 35.5. The Labute approximate surface area is 224 Å². The van der Waals surface area contributed by atoms with Gasteiger partial charge in [0.2, 0.25) is 10.0 Å². The molecule has 200 valence electrons. The van der Waals surface area contributed by atoms with E-state index in [1.807, 2.05) is 24.6 Å². The lowest BCUT2D eigenvalue weighted by Crippen LogP contribution is -2.48. The minimum atomic E-state index is -3.70. The highest BCUT2D eigenvalue weighted by Gasteiger charge is 2.29. The molecule has 12 heteroatoms. The van der Waals surface area contributed by atoms with Crippen molar-refractivity contribution in [3.8, 4) is 17.1 Å². The second-order valence-electron chi connectivity index (χ2n) is 8.55. The molecule has 0 atom stereocenters. The second-order valence-corrected chi connectivity index (χ2v) is 10.5. The SMILES string of the molecule is CCCn1cc(C)c2c(=O)[nH]c(-c3cc(S(=O)(=O)N4CCN(CC)CC4)ccc3OCC)nc21.Cl.Cl. The smallest absolute Gasteiger partial charge is 0.260 e. The summed E-state index contributed by atoms with van der Waals surface area (Å²) in [6.07, 6.45) is 2.83. The van der Waals surface area contributed by atoms with Gasteiger partial charge in [-0.1, -0.05) is 13.8 Å². The number of aromatic amines is 1. The molecule has 1 saturated heterocycles. The first kappa shape index (κ1) is 30.1. The van der Waals surface area contributed by atoms with Crippen molar-refractivity contribution in [2.75, 3.05) is 39.3 Å². The zero-order valence-electron chi connectivity index (χ0n) is 21.1. The minimum Gasteiger partial charge on any atom is -0.493 e. The van der Waals surface area contributed by atoms with E-state index in [1.165, 1.54) is 4.31 Å². The fraction of sp³-hybridized carbons (Fsp3) is 0.500. The van der Waals surface area contributed by atoms with Gasteiger partial charge in [0.25, 0.3) is 5.56 Å². The lowest BCUT2D eigenvalue weighted by Gasteiger charge is -2.33.